The van der Waals surface area contributed by atoms with Crippen molar-refractivity contribution in [3.8, 4) is 0 Å². The number of nitrogens with one attached hydrogen (secondary N) is 1. The van der Waals surface area contributed by atoms with E-state index >= 15 is 0 Å². The van der Waals surface area contributed by atoms with Crippen molar-refractivity contribution in [2.45, 2.75) is 31.9 Å². The van der Waals surface area contributed by atoms with Crippen LogP contribution in [0, 0.1) is 5.41 Å². The minimum Gasteiger partial charge on any atom is -0.481 e. The second-order valence-corrected chi connectivity index (χ2v) is 6.93. The van der Waals surface area contributed by atoms with Crippen molar-refractivity contribution in [3.63, 3.8) is 0 Å². The third-order valence-electron chi connectivity index (χ3n) is 4.74. The number of halogens is 3. The van der Waals surface area contributed by atoms with Gasteiger partial charge in [-0.2, -0.15) is 13.2 Å². The zero-order valence-corrected chi connectivity index (χ0v) is 14.3. The Morgan fingerprint density at radius 3 is 2.22 bits per heavy atom. The molecular formula is C20H18F3NO3. The second kappa shape index (κ2) is 7.06. The van der Waals surface area contributed by atoms with Gasteiger partial charge in [0.15, 0.2) is 0 Å². The largest absolute Gasteiger partial charge is 0.481 e. The highest BCUT2D eigenvalue weighted by atomic mass is 19.4. The molecule has 0 unspecified atom stereocenters. The number of carbonyl (C=O) groups excluding carboxylic acids is 1. The average Bonchev–Trinajstić information content (AvgIpc) is 2.92. The highest BCUT2D eigenvalue weighted by Crippen LogP contribution is 2.40. The fraction of sp³-hybridized carbons (Fsp3) is 0.300. The Bertz CT molecular complexity index is 852. The molecule has 0 heterocycles. The first-order valence-electron chi connectivity index (χ1n) is 8.43. The first-order valence-corrected chi connectivity index (χ1v) is 8.43. The van der Waals surface area contributed by atoms with Crippen molar-refractivity contribution >= 4 is 17.6 Å². The zero-order valence-electron chi connectivity index (χ0n) is 14.3. The molecule has 0 aliphatic heterocycles. The number of anilines is 1. The molecule has 4 nitrogen and oxygen atoms in total. The first kappa shape index (κ1) is 18.9. The van der Waals surface area contributed by atoms with Gasteiger partial charge in [-0.15, -0.1) is 0 Å². The van der Waals surface area contributed by atoms with Gasteiger partial charge in [-0.05, 0) is 41.7 Å². The molecule has 0 bridgehead atoms. The maximum Gasteiger partial charge on any atom is 0.393 e. The van der Waals surface area contributed by atoms with E-state index < -0.39 is 29.9 Å². The topological polar surface area (TPSA) is 66.4 Å². The van der Waals surface area contributed by atoms with Gasteiger partial charge in [-0.25, -0.2) is 0 Å². The van der Waals surface area contributed by atoms with E-state index in [1.165, 1.54) is 24.3 Å². The lowest BCUT2D eigenvalue weighted by atomic mass is 9.81. The van der Waals surface area contributed by atoms with Gasteiger partial charge in [0.05, 0.1) is 11.8 Å². The van der Waals surface area contributed by atoms with Gasteiger partial charge in [0.25, 0.3) is 0 Å². The number of aliphatic carboxylic acids is 1. The van der Waals surface area contributed by atoms with Crippen molar-refractivity contribution in [2.24, 2.45) is 5.41 Å². The van der Waals surface area contributed by atoms with E-state index in [0.717, 1.165) is 11.1 Å². The van der Waals surface area contributed by atoms with Crippen LogP contribution in [0.3, 0.4) is 0 Å². The van der Waals surface area contributed by atoms with Gasteiger partial charge in [-0.3, -0.25) is 9.59 Å². The van der Waals surface area contributed by atoms with Crippen molar-refractivity contribution in [2.75, 3.05) is 5.32 Å². The molecule has 27 heavy (non-hydrogen) atoms. The summed E-state index contributed by atoms with van der Waals surface area (Å²) in [6, 6.07) is 12.8. The lowest BCUT2D eigenvalue weighted by Gasteiger charge is -2.23. The van der Waals surface area contributed by atoms with Crippen molar-refractivity contribution < 1.29 is 27.9 Å². The number of amides is 1. The van der Waals surface area contributed by atoms with Crippen LogP contribution in [0.2, 0.25) is 0 Å². The minimum absolute atomic E-state index is 0.0292. The van der Waals surface area contributed by atoms with E-state index in [9.17, 15) is 27.9 Å². The van der Waals surface area contributed by atoms with Crippen LogP contribution in [0.4, 0.5) is 18.9 Å². The monoisotopic (exact) mass is 377 g/mol. The van der Waals surface area contributed by atoms with Gasteiger partial charge in [-0.1, -0.05) is 36.4 Å². The Labute approximate surface area is 154 Å². The first-order chi connectivity index (χ1) is 12.7. The molecule has 3 rings (SSSR count). The maximum atomic E-state index is 12.5. The molecule has 142 valence electrons. The Balaban J connectivity index is 1.72. The van der Waals surface area contributed by atoms with Crippen LogP contribution in [-0.2, 0) is 28.9 Å². The maximum absolute atomic E-state index is 12.5. The van der Waals surface area contributed by atoms with Crippen LogP contribution in [0.1, 0.15) is 23.1 Å². The van der Waals surface area contributed by atoms with Gasteiger partial charge >= 0.3 is 12.1 Å². The second-order valence-electron chi connectivity index (χ2n) is 6.93. The number of hydrogen-bond donors (Lipinski definition) is 2. The van der Waals surface area contributed by atoms with Crippen LogP contribution in [0.15, 0.2) is 48.5 Å². The summed E-state index contributed by atoms with van der Waals surface area (Å²) in [7, 11) is 0. The van der Waals surface area contributed by atoms with Crippen molar-refractivity contribution in [1.82, 2.24) is 0 Å². The molecule has 1 amide bonds. The van der Waals surface area contributed by atoms with Gasteiger partial charge in [0.2, 0.25) is 5.91 Å². The molecule has 1 aliphatic carbocycles. The summed E-state index contributed by atoms with van der Waals surface area (Å²) >= 11 is 0. The number of carbonyl (C=O) groups is 2. The van der Waals surface area contributed by atoms with Gasteiger partial charge < -0.3 is 10.4 Å². The summed E-state index contributed by atoms with van der Waals surface area (Å²) in [6.45, 7) is 0. The molecule has 0 spiro atoms. The normalized spacial score (nSPS) is 15.2. The predicted octanol–water partition coefficient (Wildman–Crippen LogP) is 3.99. The van der Waals surface area contributed by atoms with E-state index in [-0.39, 0.29) is 30.5 Å². The third-order valence-corrected chi connectivity index (χ3v) is 4.74. The minimum atomic E-state index is -4.34. The number of alkyl halides is 3. The Morgan fingerprint density at radius 2 is 1.67 bits per heavy atom. The zero-order chi connectivity index (χ0) is 19.7. The summed E-state index contributed by atoms with van der Waals surface area (Å²) in [4.78, 5) is 24.3. The molecule has 7 heteroatoms. The Morgan fingerprint density at radius 1 is 1.04 bits per heavy atom. The summed E-state index contributed by atoms with van der Waals surface area (Å²) in [6.07, 6.45) is -5.18. The van der Waals surface area contributed by atoms with Crippen LogP contribution < -0.4 is 5.32 Å². The highest BCUT2D eigenvalue weighted by Gasteiger charge is 2.45. The molecule has 2 aromatic rings. The Kier molecular flexibility index (Phi) is 4.95. The van der Waals surface area contributed by atoms with Crippen LogP contribution in [0.5, 0.6) is 0 Å². The standard InChI is InChI=1S/C20H18F3NO3/c21-20(22,23)9-13-4-3-7-16(8-13)24-17(25)12-19(18(26)27)10-14-5-1-2-6-15(14)11-19/h1-8H,9-12H2,(H,24,25)(H,26,27). The predicted molar refractivity (Wildman–Crippen MR) is 93.4 cm³/mol. The summed E-state index contributed by atoms with van der Waals surface area (Å²) in [5.74, 6) is -1.59. The molecule has 2 N–H and O–H groups in total. The van der Waals surface area contributed by atoms with Gasteiger partial charge in [0.1, 0.15) is 0 Å². The third kappa shape index (κ3) is 4.48. The van der Waals surface area contributed by atoms with Crippen LogP contribution in [0.25, 0.3) is 0 Å². The number of carboxylic acids is 1. The lowest BCUT2D eigenvalue weighted by Crippen LogP contribution is -2.36. The number of carboxylic acid groups (broad SMARTS) is 1. The molecule has 0 radical (unpaired) electrons. The van der Waals surface area contributed by atoms with E-state index in [2.05, 4.69) is 5.32 Å². The summed E-state index contributed by atoms with van der Waals surface area (Å²) in [5.41, 5.74) is 0.816. The van der Waals surface area contributed by atoms with E-state index in [1.54, 1.807) is 0 Å². The van der Waals surface area contributed by atoms with E-state index in [1.807, 2.05) is 24.3 Å². The molecule has 0 atom stereocenters. The lowest BCUT2D eigenvalue weighted by molar-refractivity contribution is -0.150. The smallest absolute Gasteiger partial charge is 0.393 e. The average molecular weight is 377 g/mol. The molecular weight excluding hydrogens is 359 g/mol. The van der Waals surface area contributed by atoms with E-state index in [0.29, 0.717) is 0 Å². The quantitative estimate of drug-likeness (QED) is 0.828. The Hall–Kier alpha value is -2.83. The highest BCUT2D eigenvalue weighted by molar-refractivity contribution is 5.94. The fourth-order valence-corrected chi connectivity index (χ4v) is 3.55. The fourth-order valence-electron chi connectivity index (χ4n) is 3.55. The molecule has 1 aliphatic rings. The molecule has 2 aromatic carbocycles. The van der Waals surface area contributed by atoms with Gasteiger partial charge in [0, 0.05) is 12.1 Å². The molecule has 0 aromatic heterocycles. The van der Waals surface area contributed by atoms with Crippen molar-refractivity contribution in [3.05, 3.63) is 65.2 Å². The number of hydrogen-bond acceptors (Lipinski definition) is 2. The van der Waals surface area contributed by atoms with E-state index in [4.69, 9.17) is 0 Å². The number of benzene rings is 2. The summed E-state index contributed by atoms with van der Waals surface area (Å²) in [5, 5.41) is 12.2. The van der Waals surface area contributed by atoms with Crippen LogP contribution >= 0.6 is 0 Å². The summed E-state index contributed by atoms with van der Waals surface area (Å²) < 4.78 is 37.6. The SMILES string of the molecule is O=C(CC1(C(=O)O)Cc2ccccc2C1)Nc1cccc(CC(F)(F)F)c1. The number of fused-ring (bicyclic) bond motifs is 1. The number of rotatable bonds is 5. The molecule has 0 saturated carbocycles. The molecule has 0 saturated heterocycles. The molecule has 0 fully saturated rings. The van der Waals surface area contributed by atoms with Crippen LogP contribution in [-0.4, -0.2) is 23.2 Å². The van der Waals surface area contributed by atoms with Crippen molar-refractivity contribution in [1.29, 1.82) is 0 Å².